The van der Waals surface area contributed by atoms with Crippen molar-refractivity contribution in [2.45, 2.75) is 94.5 Å². The van der Waals surface area contributed by atoms with Crippen LogP contribution in [0.15, 0.2) is 104 Å². The molecular formula is C71H71ClF6N14O4. The Morgan fingerprint density at radius 2 is 1.34 bits per heavy atom. The van der Waals surface area contributed by atoms with E-state index in [9.17, 15) is 27.2 Å². The summed E-state index contributed by atoms with van der Waals surface area (Å²) < 4.78 is 100. The summed E-state index contributed by atoms with van der Waals surface area (Å²) in [6, 6.07) is 16.8. The topological polar surface area (TPSA) is 175 Å². The summed E-state index contributed by atoms with van der Waals surface area (Å²) in [7, 11) is 5.09. The number of methoxy groups -OCH3 is 1. The molecule has 18 nitrogen and oxygen atoms in total. The maximum Gasteiger partial charge on any atom is 0.319 e. The van der Waals surface area contributed by atoms with Gasteiger partial charge < -0.3 is 29.1 Å². The molecule has 4 atom stereocenters. The molecule has 6 saturated heterocycles. The van der Waals surface area contributed by atoms with E-state index in [0.717, 1.165) is 57.8 Å². The van der Waals surface area contributed by atoms with Crippen LogP contribution in [-0.4, -0.2) is 181 Å². The molecule has 5 aromatic heterocycles. The molecule has 11 heterocycles. The summed E-state index contributed by atoms with van der Waals surface area (Å²) in [5.74, 6) is -2.38. The molecular weight excluding hydrogens is 1260 g/mol. The summed E-state index contributed by atoms with van der Waals surface area (Å²) in [6.45, 7) is 11.7. The third kappa shape index (κ3) is 12.9. The molecule has 0 aliphatic carbocycles. The molecule has 4 aromatic carbocycles. The third-order valence-corrected chi connectivity index (χ3v) is 20.0. The van der Waals surface area contributed by atoms with E-state index < -0.39 is 35.3 Å². The van der Waals surface area contributed by atoms with Crippen molar-refractivity contribution in [2.24, 2.45) is 0 Å². The molecule has 498 valence electrons. The highest BCUT2D eigenvalue weighted by atomic mass is 35.5. The second-order valence-electron chi connectivity index (χ2n) is 25.4. The van der Waals surface area contributed by atoms with Gasteiger partial charge in [0.1, 0.15) is 70.1 Å². The van der Waals surface area contributed by atoms with Gasteiger partial charge in [0.2, 0.25) is 11.8 Å². The number of anilines is 2. The van der Waals surface area contributed by atoms with Crippen molar-refractivity contribution in [1.82, 2.24) is 59.5 Å². The molecule has 96 heavy (non-hydrogen) atoms. The number of carbonyl (C=O) groups excluding carboxylic acids is 2. The molecule has 0 spiro atoms. The van der Waals surface area contributed by atoms with Gasteiger partial charge in [-0.25, -0.2) is 36.3 Å². The minimum atomic E-state index is -0.765. The molecule has 0 N–H and O–H groups in total. The lowest BCUT2D eigenvalue weighted by atomic mass is 9.95. The Kier molecular flexibility index (Phi) is 18.8. The van der Waals surface area contributed by atoms with Crippen LogP contribution in [-0.2, 0) is 9.59 Å². The first-order valence-corrected chi connectivity index (χ1v) is 32.7. The van der Waals surface area contributed by atoms with Crippen molar-refractivity contribution in [3.8, 4) is 34.5 Å². The molecule has 6 aliphatic rings. The number of halogens is 7. The van der Waals surface area contributed by atoms with Crippen LogP contribution in [0.1, 0.15) is 69.3 Å². The van der Waals surface area contributed by atoms with Crippen LogP contribution in [0.25, 0.3) is 71.9 Å². The molecule has 25 heteroatoms. The number of ether oxygens (including phenoxy) is 2. The van der Waals surface area contributed by atoms with Gasteiger partial charge >= 0.3 is 12.0 Å². The zero-order valence-corrected chi connectivity index (χ0v) is 54.4. The van der Waals surface area contributed by atoms with Crippen LogP contribution in [0.3, 0.4) is 0 Å². The van der Waals surface area contributed by atoms with Gasteiger partial charge in [0.15, 0.2) is 11.6 Å². The standard InChI is InChI=1S/C33H33F3N6O2.C31H26ClF2N7O2.C7H12FN/c1-3-27(43)41-14-9-21(18-41)40(2)31-25-17-37-29(23-8-4-7-22-24(23)15-20(34)16-26(22)35)28(36)30(25)38-32(39-31)44-19-33-10-5-12-42(33)13-6-11-33;1-17-35-13-11-19(37-17)8-10-24(42)41-14-12-20(16-41)40(2)30-22-15-36-28(27(34)29(22)38-31(39-30)43-3)21-6-4-5-18-7-9-23(33)26(32)25(18)21;8-6-4-7-2-1-3-9(7)5-6/h3-4,7-8,15-17,21H,1,5-6,9-14,18-19H2,2H3;4-11,13,15,20H,12,14,16H2,1-3H3;6-7H,1-5H2/b;10-8+;. The Hall–Kier alpha value is -9.13. The fraction of sp³-hybridized carbons (Fsp3) is 0.380. The monoisotopic (exact) mass is 1330 g/mol. The molecule has 4 unspecified atom stereocenters. The molecule has 2 amide bonds. The number of nitrogens with zero attached hydrogens (tertiary/aromatic N) is 14. The smallest absolute Gasteiger partial charge is 0.319 e. The number of hydrogen-bond acceptors (Lipinski definition) is 16. The molecule has 6 fully saturated rings. The Balaban J connectivity index is 0.000000153. The molecule has 9 aromatic rings. The van der Waals surface area contributed by atoms with Crippen molar-refractivity contribution in [2.75, 3.05) is 90.0 Å². The van der Waals surface area contributed by atoms with Gasteiger partial charge in [0.25, 0.3) is 0 Å². The molecule has 6 aliphatic heterocycles. The number of carbonyl (C=O) groups is 2. The van der Waals surface area contributed by atoms with Gasteiger partial charge in [0, 0.05) is 118 Å². The van der Waals surface area contributed by atoms with Crippen LogP contribution >= 0.6 is 11.6 Å². The van der Waals surface area contributed by atoms with E-state index in [1.54, 1.807) is 71.5 Å². The molecule has 0 radical (unpaired) electrons. The van der Waals surface area contributed by atoms with Crippen molar-refractivity contribution in [3.63, 3.8) is 0 Å². The quantitative estimate of drug-likeness (QED) is 0.0786. The van der Waals surface area contributed by atoms with E-state index in [1.807, 2.05) is 23.9 Å². The number of amides is 2. The van der Waals surface area contributed by atoms with Gasteiger partial charge in [-0.3, -0.25) is 29.4 Å². The highest BCUT2D eigenvalue weighted by molar-refractivity contribution is 6.37. The Morgan fingerprint density at radius 3 is 2.01 bits per heavy atom. The minimum absolute atomic E-state index is 0.0000472. The second kappa shape index (κ2) is 27.5. The fourth-order valence-corrected chi connectivity index (χ4v) is 14.9. The Labute approximate surface area is 555 Å². The van der Waals surface area contributed by atoms with Crippen LogP contribution in [0.4, 0.5) is 38.0 Å². The highest BCUT2D eigenvalue weighted by Gasteiger charge is 2.45. The number of likely N-dealkylation sites (N-methyl/N-ethyl adjacent to an activating group) is 2. The number of benzene rings is 4. The lowest BCUT2D eigenvalue weighted by Crippen LogP contribution is -2.43. The zero-order chi connectivity index (χ0) is 67.1. The number of alkyl halides is 1. The maximum absolute atomic E-state index is 16.6. The number of fused-ring (bicyclic) bond motifs is 6. The fourth-order valence-electron chi connectivity index (χ4n) is 14.6. The number of pyridine rings is 2. The van der Waals surface area contributed by atoms with E-state index in [1.165, 1.54) is 62.7 Å². The van der Waals surface area contributed by atoms with E-state index >= 15 is 8.78 Å². The summed E-state index contributed by atoms with van der Waals surface area (Å²) in [6.07, 6.45) is 17.5. The maximum atomic E-state index is 16.6. The van der Waals surface area contributed by atoms with E-state index in [4.69, 9.17) is 26.1 Å². The summed E-state index contributed by atoms with van der Waals surface area (Å²) in [5.41, 5.74) is 1.06. The van der Waals surface area contributed by atoms with Crippen molar-refractivity contribution >= 4 is 84.5 Å². The summed E-state index contributed by atoms with van der Waals surface area (Å²) >= 11 is 6.31. The average Bonchev–Trinajstić information content (AvgIpc) is 1.02. The third-order valence-electron chi connectivity index (χ3n) is 19.6. The zero-order valence-electron chi connectivity index (χ0n) is 53.6. The number of aryl methyl sites for hydroxylation is 1. The minimum Gasteiger partial charge on any atom is -0.467 e. The van der Waals surface area contributed by atoms with E-state index in [2.05, 4.69) is 51.3 Å². The molecule has 0 bridgehead atoms. The van der Waals surface area contributed by atoms with Gasteiger partial charge in [0.05, 0.1) is 34.1 Å². The predicted octanol–water partition coefficient (Wildman–Crippen LogP) is 12.3. The predicted molar refractivity (Wildman–Crippen MR) is 357 cm³/mol. The number of hydrogen-bond donors (Lipinski definition) is 0. The Bertz CT molecular complexity index is 4510. The Morgan fingerprint density at radius 1 is 0.698 bits per heavy atom. The first-order chi connectivity index (χ1) is 46.4. The molecule has 15 rings (SSSR count). The lowest BCUT2D eigenvalue weighted by molar-refractivity contribution is -0.125. The normalized spacial score (nSPS) is 19.8. The van der Waals surface area contributed by atoms with Crippen LogP contribution in [0, 0.1) is 36.0 Å². The van der Waals surface area contributed by atoms with Gasteiger partial charge in [-0.2, -0.15) is 19.9 Å². The van der Waals surface area contributed by atoms with Crippen LogP contribution < -0.4 is 19.3 Å². The lowest BCUT2D eigenvalue weighted by Gasteiger charge is -2.31. The number of aromatic nitrogens is 8. The average molecular weight is 1330 g/mol. The van der Waals surface area contributed by atoms with Gasteiger partial charge in [-0.15, -0.1) is 0 Å². The highest BCUT2D eigenvalue weighted by Crippen LogP contribution is 2.42. The van der Waals surface area contributed by atoms with Crippen molar-refractivity contribution in [3.05, 3.63) is 150 Å². The first-order valence-electron chi connectivity index (χ1n) is 32.3. The summed E-state index contributed by atoms with van der Waals surface area (Å²) in [4.78, 5) is 72.6. The largest absolute Gasteiger partial charge is 0.467 e. The van der Waals surface area contributed by atoms with E-state index in [0.29, 0.717) is 108 Å². The van der Waals surface area contributed by atoms with Gasteiger partial charge in [-0.1, -0.05) is 60.6 Å². The van der Waals surface area contributed by atoms with Crippen molar-refractivity contribution < 1.29 is 45.4 Å². The number of rotatable bonds is 13. The van der Waals surface area contributed by atoms with Crippen LogP contribution in [0.5, 0.6) is 12.0 Å². The van der Waals surface area contributed by atoms with Crippen LogP contribution in [0.2, 0.25) is 5.02 Å². The first kappa shape index (κ1) is 65.5. The van der Waals surface area contributed by atoms with E-state index in [-0.39, 0.29) is 85.2 Å². The molecule has 0 saturated carbocycles. The number of likely N-dealkylation sites (tertiary alicyclic amines) is 2. The SMILES string of the molecule is C=CC(=O)N1CCC(N(C)c2nc(OCC34CCCN3CCC4)nc3c(F)c(-c4cccc5c(F)cc(F)cc45)ncc23)C1.COc1nc(N(C)C2CCN(C(=O)/C=C/c3ccnc(C)n3)C2)c2cnc(-c3cccc4ccc(F)c(Cl)c34)c(F)c2n1.FC1CC2CCCN2C1. The van der Waals surface area contributed by atoms with Gasteiger partial charge in [-0.05, 0) is 125 Å². The van der Waals surface area contributed by atoms with Crippen molar-refractivity contribution in [1.29, 1.82) is 0 Å². The second-order valence-corrected chi connectivity index (χ2v) is 25.7. The summed E-state index contributed by atoms with van der Waals surface area (Å²) in [5, 5.41) is 1.99.